The summed E-state index contributed by atoms with van der Waals surface area (Å²) in [6.07, 6.45) is 0. The third-order valence-corrected chi connectivity index (χ3v) is 3.68. The van der Waals surface area contributed by atoms with E-state index in [0.29, 0.717) is 6.61 Å². The van der Waals surface area contributed by atoms with Gasteiger partial charge in [0.2, 0.25) is 0 Å². The van der Waals surface area contributed by atoms with Gasteiger partial charge >= 0.3 is 0 Å². The summed E-state index contributed by atoms with van der Waals surface area (Å²) >= 11 is 3.54. The highest BCUT2D eigenvalue weighted by Crippen LogP contribution is 2.23. The van der Waals surface area contributed by atoms with Gasteiger partial charge in [-0.25, -0.2) is 0 Å². The molecule has 100 valence electrons. The molecule has 0 amide bonds. The van der Waals surface area contributed by atoms with Gasteiger partial charge in [-0.15, -0.1) is 0 Å². The number of hydrogen-bond donors (Lipinski definition) is 1. The lowest BCUT2D eigenvalue weighted by Crippen LogP contribution is -2.06. The van der Waals surface area contributed by atoms with E-state index in [9.17, 15) is 0 Å². The summed E-state index contributed by atoms with van der Waals surface area (Å²) < 4.78 is 6.93. The molecule has 0 aromatic heterocycles. The zero-order valence-corrected chi connectivity index (χ0v) is 12.8. The molecular weight excluding hydrogens is 302 g/mol. The highest BCUT2D eigenvalue weighted by atomic mass is 79.9. The van der Waals surface area contributed by atoms with Crippen LogP contribution in [0.1, 0.15) is 16.7 Å². The molecule has 0 aliphatic rings. The Morgan fingerprint density at radius 1 is 1.11 bits per heavy atom. The minimum absolute atomic E-state index is 0.598. The van der Waals surface area contributed by atoms with Crippen LogP contribution in [0.25, 0.3) is 0 Å². The number of hydrogen-bond acceptors (Lipinski definition) is 2. The summed E-state index contributed by atoms with van der Waals surface area (Å²) in [6, 6.07) is 14.5. The van der Waals surface area contributed by atoms with Gasteiger partial charge in [0.25, 0.3) is 0 Å². The zero-order chi connectivity index (χ0) is 13.7. The molecule has 0 saturated heterocycles. The fourth-order valence-corrected chi connectivity index (χ4v) is 2.20. The lowest BCUT2D eigenvalue weighted by molar-refractivity contribution is 0.306. The van der Waals surface area contributed by atoms with Crippen molar-refractivity contribution in [2.45, 2.75) is 20.1 Å². The van der Waals surface area contributed by atoms with Crippen LogP contribution in [-0.2, 0) is 13.2 Å². The molecule has 0 bridgehead atoms. The molecule has 2 aromatic carbocycles. The maximum absolute atomic E-state index is 5.83. The van der Waals surface area contributed by atoms with Gasteiger partial charge < -0.3 is 10.1 Å². The van der Waals surface area contributed by atoms with E-state index < -0.39 is 0 Å². The number of benzene rings is 2. The van der Waals surface area contributed by atoms with Crippen LogP contribution in [0, 0.1) is 6.92 Å². The van der Waals surface area contributed by atoms with Gasteiger partial charge in [0.15, 0.2) is 0 Å². The Morgan fingerprint density at radius 3 is 2.53 bits per heavy atom. The number of rotatable bonds is 5. The molecule has 0 spiro atoms. The first-order valence-electron chi connectivity index (χ1n) is 6.30. The quantitative estimate of drug-likeness (QED) is 0.897. The lowest BCUT2D eigenvalue weighted by Gasteiger charge is -2.10. The van der Waals surface area contributed by atoms with Crippen molar-refractivity contribution in [3.05, 3.63) is 63.6 Å². The third kappa shape index (κ3) is 4.08. The van der Waals surface area contributed by atoms with Gasteiger partial charge in [-0.3, -0.25) is 0 Å². The summed E-state index contributed by atoms with van der Waals surface area (Å²) in [5.74, 6) is 0.897. The van der Waals surface area contributed by atoms with Crippen LogP contribution in [0.3, 0.4) is 0 Å². The van der Waals surface area contributed by atoms with E-state index >= 15 is 0 Å². The largest absolute Gasteiger partial charge is 0.489 e. The van der Waals surface area contributed by atoms with Crippen molar-refractivity contribution in [3.63, 3.8) is 0 Å². The molecule has 0 fully saturated rings. The van der Waals surface area contributed by atoms with E-state index in [4.69, 9.17) is 4.74 Å². The van der Waals surface area contributed by atoms with Crippen molar-refractivity contribution < 1.29 is 4.74 Å². The molecule has 0 aliphatic carbocycles. The Bertz CT molecular complexity index is 537. The Balaban J connectivity index is 2.03. The normalized spacial score (nSPS) is 10.5. The fourth-order valence-electron chi connectivity index (χ4n) is 1.82. The Labute approximate surface area is 122 Å². The van der Waals surface area contributed by atoms with Crippen molar-refractivity contribution in [1.29, 1.82) is 0 Å². The lowest BCUT2D eigenvalue weighted by atomic mass is 10.2. The van der Waals surface area contributed by atoms with E-state index in [1.54, 1.807) is 0 Å². The second kappa shape index (κ2) is 6.73. The van der Waals surface area contributed by atoms with Crippen LogP contribution in [0.2, 0.25) is 0 Å². The number of aryl methyl sites for hydroxylation is 1. The van der Waals surface area contributed by atoms with Crippen LogP contribution in [0.5, 0.6) is 5.75 Å². The van der Waals surface area contributed by atoms with Gasteiger partial charge in [-0.1, -0.05) is 45.8 Å². The molecule has 2 rings (SSSR count). The van der Waals surface area contributed by atoms with E-state index in [1.807, 2.05) is 19.2 Å². The topological polar surface area (TPSA) is 21.3 Å². The van der Waals surface area contributed by atoms with Gasteiger partial charge in [-0.05, 0) is 43.3 Å². The van der Waals surface area contributed by atoms with Crippen LogP contribution in [0.15, 0.2) is 46.9 Å². The SMILES string of the molecule is CNCc1cc(OCc2ccc(C)cc2)ccc1Br. The average Bonchev–Trinajstić information content (AvgIpc) is 2.42. The van der Waals surface area contributed by atoms with Crippen LogP contribution in [-0.4, -0.2) is 7.05 Å². The number of ether oxygens (including phenoxy) is 1. The second-order valence-corrected chi connectivity index (χ2v) is 5.41. The number of halogens is 1. The predicted molar refractivity (Wildman–Crippen MR) is 82.4 cm³/mol. The fraction of sp³-hybridized carbons (Fsp3) is 0.250. The van der Waals surface area contributed by atoms with Crippen molar-refractivity contribution in [3.8, 4) is 5.75 Å². The summed E-state index contributed by atoms with van der Waals surface area (Å²) in [4.78, 5) is 0. The standard InChI is InChI=1S/C16H18BrNO/c1-12-3-5-13(6-4-12)11-19-15-7-8-16(17)14(9-15)10-18-2/h3-9,18H,10-11H2,1-2H3. The average molecular weight is 320 g/mol. The third-order valence-electron chi connectivity index (χ3n) is 2.91. The molecule has 3 heteroatoms. The molecule has 1 N–H and O–H groups in total. The zero-order valence-electron chi connectivity index (χ0n) is 11.2. The van der Waals surface area contributed by atoms with Gasteiger partial charge in [0.1, 0.15) is 12.4 Å². The molecule has 19 heavy (non-hydrogen) atoms. The first-order chi connectivity index (χ1) is 9.19. The highest BCUT2D eigenvalue weighted by molar-refractivity contribution is 9.10. The van der Waals surface area contributed by atoms with Gasteiger partial charge in [0.05, 0.1) is 0 Å². The van der Waals surface area contributed by atoms with E-state index in [2.05, 4.69) is 58.5 Å². The minimum atomic E-state index is 0.598. The van der Waals surface area contributed by atoms with Crippen molar-refractivity contribution in [1.82, 2.24) is 5.32 Å². The monoisotopic (exact) mass is 319 g/mol. The molecule has 0 saturated carbocycles. The summed E-state index contributed by atoms with van der Waals surface area (Å²) in [6.45, 7) is 3.51. The van der Waals surface area contributed by atoms with Crippen LogP contribution < -0.4 is 10.1 Å². The second-order valence-electron chi connectivity index (χ2n) is 4.56. The van der Waals surface area contributed by atoms with Crippen molar-refractivity contribution in [2.75, 3.05) is 7.05 Å². The van der Waals surface area contributed by atoms with Crippen molar-refractivity contribution in [2.24, 2.45) is 0 Å². The molecular formula is C16H18BrNO. The smallest absolute Gasteiger partial charge is 0.120 e. The molecule has 2 aromatic rings. The van der Waals surface area contributed by atoms with Crippen LogP contribution in [0.4, 0.5) is 0 Å². The Hall–Kier alpha value is -1.32. The minimum Gasteiger partial charge on any atom is -0.489 e. The molecule has 0 radical (unpaired) electrons. The first kappa shape index (κ1) is 14.1. The van der Waals surface area contributed by atoms with Crippen LogP contribution >= 0.6 is 15.9 Å². The van der Waals surface area contributed by atoms with Gasteiger partial charge in [-0.2, -0.15) is 0 Å². The molecule has 2 nitrogen and oxygen atoms in total. The predicted octanol–water partition coefficient (Wildman–Crippen LogP) is 4.06. The maximum Gasteiger partial charge on any atom is 0.120 e. The molecule has 0 unspecified atom stereocenters. The molecule has 0 atom stereocenters. The van der Waals surface area contributed by atoms with Gasteiger partial charge in [0, 0.05) is 11.0 Å². The van der Waals surface area contributed by atoms with E-state index in [-0.39, 0.29) is 0 Å². The van der Waals surface area contributed by atoms with Crippen molar-refractivity contribution >= 4 is 15.9 Å². The van der Waals surface area contributed by atoms with E-state index in [0.717, 1.165) is 16.8 Å². The molecule has 0 aliphatic heterocycles. The summed E-state index contributed by atoms with van der Waals surface area (Å²) in [5.41, 5.74) is 3.65. The Kier molecular flexibility index (Phi) is 5.00. The number of nitrogens with one attached hydrogen (secondary N) is 1. The van der Waals surface area contributed by atoms with E-state index in [1.165, 1.54) is 16.7 Å². The Morgan fingerprint density at radius 2 is 1.84 bits per heavy atom. The summed E-state index contributed by atoms with van der Waals surface area (Å²) in [5, 5.41) is 3.15. The summed E-state index contributed by atoms with van der Waals surface area (Å²) in [7, 11) is 1.94. The highest BCUT2D eigenvalue weighted by Gasteiger charge is 2.02. The maximum atomic E-state index is 5.83. The molecule has 0 heterocycles. The first-order valence-corrected chi connectivity index (χ1v) is 7.09.